The van der Waals surface area contributed by atoms with Crippen LogP contribution in [0, 0.1) is 0 Å². The lowest BCUT2D eigenvalue weighted by Crippen LogP contribution is -2.48. The Hall–Kier alpha value is -1.36. The number of aliphatic imine (C=N–C) groups is 1. The van der Waals surface area contributed by atoms with Gasteiger partial charge in [-0.2, -0.15) is 0 Å². The maximum absolute atomic E-state index is 5.73. The summed E-state index contributed by atoms with van der Waals surface area (Å²) in [6, 6.07) is 14.5. The number of hydrogen-bond donors (Lipinski definition) is 2. The molecule has 6 nitrogen and oxygen atoms in total. The van der Waals surface area contributed by atoms with E-state index in [1.165, 1.54) is 4.88 Å². The van der Waals surface area contributed by atoms with Gasteiger partial charge in [-0.25, -0.2) is 0 Å². The third-order valence-corrected chi connectivity index (χ3v) is 5.65. The van der Waals surface area contributed by atoms with Crippen LogP contribution in [0.1, 0.15) is 17.8 Å². The van der Waals surface area contributed by atoms with E-state index in [-0.39, 0.29) is 30.1 Å². The molecular formula is C21H31IN4O2S. The molecular weight excluding hydrogens is 499 g/mol. The number of halogens is 1. The number of morpholine rings is 1. The second-order valence-corrected chi connectivity index (χ2v) is 7.73. The number of para-hydroxylation sites is 1. The molecule has 1 fully saturated rings. The van der Waals surface area contributed by atoms with Crippen LogP contribution in [0.25, 0.3) is 0 Å². The summed E-state index contributed by atoms with van der Waals surface area (Å²) in [5, 5.41) is 8.94. The van der Waals surface area contributed by atoms with Crippen molar-refractivity contribution in [1.82, 2.24) is 15.5 Å². The predicted molar refractivity (Wildman–Crippen MR) is 131 cm³/mol. The van der Waals surface area contributed by atoms with Crippen molar-refractivity contribution in [3.8, 4) is 5.75 Å². The van der Waals surface area contributed by atoms with Crippen molar-refractivity contribution >= 4 is 41.3 Å². The lowest BCUT2D eigenvalue weighted by atomic mass is 10.1. The first kappa shape index (κ1) is 23.9. The van der Waals surface area contributed by atoms with Crippen molar-refractivity contribution in [3.05, 3.63) is 52.7 Å². The van der Waals surface area contributed by atoms with Gasteiger partial charge in [0.15, 0.2) is 5.96 Å². The number of rotatable bonds is 8. The molecule has 29 heavy (non-hydrogen) atoms. The minimum Gasteiger partial charge on any atom is -0.492 e. The number of benzene rings is 1. The molecule has 2 unspecified atom stereocenters. The zero-order valence-electron chi connectivity index (χ0n) is 17.0. The molecule has 0 aliphatic carbocycles. The van der Waals surface area contributed by atoms with Crippen LogP contribution in [0.2, 0.25) is 0 Å². The topological polar surface area (TPSA) is 58.1 Å². The van der Waals surface area contributed by atoms with Crippen LogP contribution in [0.4, 0.5) is 0 Å². The fourth-order valence-electron chi connectivity index (χ4n) is 3.29. The predicted octanol–water partition coefficient (Wildman–Crippen LogP) is 3.37. The molecule has 2 N–H and O–H groups in total. The second-order valence-electron chi connectivity index (χ2n) is 6.75. The van der Waals surface area contributed by atoms with E-state index in [0.29, 0.717) is 19.2 Å². The summed E-state index contributed by atoms with van der Waals surface area (Å²) in [6.07, 6.45) is 0.267. The molecule has 2 aromatic rings. The van der Waals surface area contributed by atoms with Gasteiger partial charge in [0.25, 0.3) is 0 Å². The average molecular weight is 530 g/mol. The van der Waals surface area contributed by atoms with Crippen molar-refractivity contribution < 1.29 is 9.47 Å². The lowest BCUT2D eigenvalue weighted by molar-refractivity contribution is -0.0334. The first-order valence-electron chi connectivity index (χ1n) is 9.77. The number of hydrogen-bond acceptors (Lipinski definition) is 5. The van der Waals surface area contributed by atoms with Crippen molar-refractivity contribution in [1.29, 1.82) is 0 Å². The summed E-state index contributed by atoms with van der Waals surface area (Å²) < 4.78 is 11.4. The maximum Gasteiger partial charge on any atom is 0.191 e. The highest BCUT2D eigenvalue weighted by molar-refractivity contribution is 14.0. The molecule has 2 atom stereocenters. The van der Waals surface area contributed by atoms with Gasteiger partial charge in [0.2, 0.25) is 0 Å². The van der Waals surface area contributed by atoms with E-state index in [2.05, 4.69) is 45.0 Å². The molecule has 1 aliphatic heterocycles. The van der Waals surface area contributed by atoms with E-state index >= 15 is 0 Å². The molecule has 0 amide bonds. The van der Waals surface area contributed by atoms with Gasteiger partial charge in [-0.05, 0) is 30.5 Å². The van der Waals surface area contributed by atoms with Gasteiger partial charge < -0.3 is 20.1 Å². The molecule has 1 aliphatic rings. The third kappa shape index (κ3) is 7.76. The van der Waals surface area contributed by atoms with Gasteiger partial charge in [-0.3, -0.25) is 9.89 Å². The van der Waals surface area contributed by atoms with Gasteiger partial charge in [0.05, 0.1) is 25.3 Å². The Bertz CT molecular complexity index is 715. The minimum absolute atomic E-state index is 0. The fourth-order valence-corrected chi connectivity index (χ4v) is 4.15. The Labute approximate surface area is 194 Å². The highest BCUT2D eigenvalue weighted by Crippen LogP contribution is 2.26. The molecule has 8 heteroatoms. The molecule has 0 saturated carbocycles. The Kier molecular flexibility index (Phi) is 10.8. The summed E-state index contributed by atoms with van der Waals surface area (Å²) in [5.74, 6) is 1.67. The lowest BCUT2D eigenvalue weighted by Gasteiger charge is -2.37. The Morgan fingerprint density at radius 3 is 2.79 bits per heavy atom. The zero-order chi connectivity index (χ0) is 19.6. The number of guanidine groups is 1. The number of nitrogens with one attached hydrogen (secondary N) is 2. The van der Waals surface area contributed by atoms with Crippen molar-refractivity contribution in [2.24, 2.45) is 4.99 Å². The Balaban J connectivity index is 0.00000300. The van der Waals surface area contributed by atoms with E-state index in [4.69, 9.17) is 9.47 Å². The van der Waals surface area contributed by atoms with Crippen LogP contribution >= 0.6 is 35.3 Å². The molecule has 0 bridgehead atoms. The molecule has 1 saturated heterocycles. The molecule has 2 heterocycles. The number of nitrogens with zero attached hydrogens (tertiary/aromatic N) is 2. The summed E-state index contributed by atoms with van der Waals surface area (Å²) in [6.45, 7) is 6.89. The van der Waals surface area contributed by atoms with Crippen LogP contribution in [-0.4, -0.2) is 63.4 Å². The minimum atomic E-state index is 0. The van der Waals surface area contributed by atoms with Gasteiger partial charge in [-0.1, -0.05) is 24.3 Å². The molecule has 160 valence electrons. The van der Waals surface area contributed by atoms with E-state index in [0.717, 1.165) is 38.0 Å². The van der Waals surface area contributed by atoms with Crippen molar-refractivity contribution in [2.75, 3.05) is 46.4 Å². The summed E-state index contributed by atoms with van der Waals surface area (Å²) in [4.78, 5) is 8.21. The molecule has 3 rings (SSSR count). The largest absolute Gasteiger partial charge is 0.492 e. The van der Waals surface area contributed by atoms with E-state index in [9.17, 15) is 0 Å². The maximum atomic E-state index is 5.73. The Morgan fingerprint density at radius 1 is 1.28 bits per heavy atom. The summed E-state index contributed by atoms with van der Waals surface area (Å²) in [5.41, 5.74) is 0. The molecule has 1 aromatic heterocycles. The molecule has 0 spiro atoms. The first-order valence-corrected chi connectivity index (χ1v) is 10.7. The summed E-state index contributed by atoms with van der Waals surface area (Å²) >= 11 is 1.80. The van der Waals surface area contributed by atoms with Gasteiger partial charge in [0, 0.05) is 31.6 Å². The van der Waals surface area contributed by atoms with Crippen LogP contribution in [-0.2, 0) is 4.74 Å². The van der Waals surface area contributed by atoms with Gasteiger partial charge in [-0.15, -0.1) is 35.3 Å². The van der Waals surface area contributed by atoms with Crippen molar-refractivity contribution in [3.63, 3.8) is 0 Å². The fraction of sp³-hybridized carbons (Fsp3) is 0.476. The van der Waals surface area contributed by atoms with Gasteiger partial charge >= 0.3 is 0 Å². The average Bonchev–Trinajstić information content (AvgIpc) is 3.25. The molecule has 1 aromatic carbocycles. The highest BCUT2D eigenvalue weighted by atomic mass is 127. The van der Waals surface area contributed by atoms with Gasteiger partial charge in [0.1, 0.15) is 12.4 Å². The van der Waals surface area contributed by atoms with E-state index in [1.54, 1.807) is 18.4 Å². The standard InChI is InChI=1S/C21H30N4O2S.HI/c1-17-16-25(11-13-26-17)19(20-9-6-14-28-20)15-24-21(22-2)23-10-12-27-18-7-4-3-5-8-18;/h3-9,14,17,19H,10-13,15-16H2,1-2H3,(H2,22,23,24);1H. The smallest absolute Gasteiger partial charge is 0.191 e. The van der Waals surface area contributed by atoms with Crippen molar-refractivity contribution in [2.45, 2.75) is 19.1 Å². The third-order valence-electron chi connectivity index (χ3n) is 4.68. The highest BCUT2D eigenvalue weighted by Gasteiger charge is 2.26. The van der Waals surface area contributed by atoms with E-state index < -0.39 is 0 Å². The quantitative estimate of drug-likeness (QED) is 0.237. The van der Waals surface area contributed by atoms with Crippen LogP contribution in [0.3, 0.4) is 0 Å². The first-order chi connectivity index (χ1) is 13.8. The zero-order valence-corrected chi connectivity index (χ0v) is 20.2. The SMILES string of the molecule is CN=C(NCCOc1ccccc1)NCC(c1cccs1)N1CCOC(C)C1.I. The summed E-state index contributed by atoms with van der Waals surface area (Å²) in [7, 11) is 1.80. The monoisotopic (exact) mass is 530 g/mol. The second kappa shape index (κ2) is 13.0. The molecule has 0 radical (unpaired) electrons. The normalized spacial score (nSPS) is 18.6. The van der Waals surface area contributed by atoms with Crippen LogP contribution in [0.15, 0.2) is 52.8 Å². The van der Waals surface area contributed by atoms with Crippen LogP contribution in [0.5, 0.6) is 5.75 Å². The van der Waals surface area contributed by atoms with Crippen LogP contribution < -0.4 is 15.4 Å². The Morgan fingerprint density at radius 2 is 2.10 bits per heavy atom. The number of thiophene rings is 1. The number of ether oxygens (including phenoxy) is 2. The van der Waals surface area contributed by atoms with E-state index in [1.807, 2.05) is 30.3 Å².